The van der Waals surface area contributed by atoms with Gasteiger partial charge in [-0.2, -0.15) is 0 Å². The van der Waals surface area contributed by atoms with Crippen LogP contribution in [-0.4, -0.2) is 29.2 Å². The van der Waals surface area contributed by atoms with Crippen LogP contribution in [0.4, 0.5) is 0 Å². The first-order valence-corrected chi connectivity index (χ1v) is 8.46. The molecule has 5 heteroatoms. The molecule has 0 atom stereocenters. The quantitative estimate of drug-likeness (QED) is 0.855. The molecule has 1 heterocycles. The highest BCUT2D eigenvalue weighted by atomic mass is 16.2. The number of amides is 3. The molecule has 1 N–H and O–H groups in total. The van der Waals surface area contributed by atoms with E-state index in [2.05, 4.69) is 5.32 Å². The van der Waals surface area contributed by atoms with Crippen molar-refractivity contribution in [2.45, 2.75) is 19.4 Å². The lowest BCUT2D eigenvalue weighted by Crippen LogP contribution is -2.29. The third kappa shape index (κ3) is 3.05. The summed E-state index contributed by atoms with van der Waals surface area (Å²) in [4.78, 5) is 38.6. The summed E-state index contributed by atoms with van der Waals surface area (Å²) in [5, 5.41) is 2.88. The van der Waals surface area contributed by atoms with Crippen LogP contribution in [0.3, 0.4) is 0 Å². The van der Waals surface area contributed by atoms with Crippen LogP contribution in [0.2, 0.25) is 0 Å². The number of benzene rings is 2. The molecule has 0 bridgehead atoms. The maximum atomic E-state index is 12.6. The Balaban J connectivity index is 1.54. The molecule has 0 unspecified atom stereocenters. The van der Waals surface area contributed by atoms with Crippen LogP contribution in [0.15, 0.2) is 48.5 Å². The van der Waals surface area contributed by atoms with Gasteiger partial charge in [-0.05, 0) is 42.5 Å². The Bertz CT molecular complexity index is 856. The zero-order chi connectivity index (χ0) is 17.4. The Morgan fingerprint density at radius 2 is 1.72 bits per heavy atom. The van der Waals surface area contributed by atoms with Crippen molar-refractivity contribution < 1.29 is 14.4 Å². The number of hydrogen-bond acceptors (Lipinski definition) is 3. The summed E-state index contributed by atoms with van der Waals surface area (Å²) in [6.07, 6.45) is 2.32. The first kappa shape index (κ1) is 15.6. The molecule has 1 saturated carbocycles. The average Bonchev–Trinajstić information content (AvgIpc) is 3.44. The predicted molar refractivity (Wildman–Crippen MR) is 92.1 cm³/mol. The number of carbonyl (C=O) groups excluding carboxylic acids is 3. The first-order chi connectivity index (χ1) is 12.1. The molecule has 1 aliphatic heterocycles. The molecule has 2 aliphatic rings. The zero-order valence-electron chi connectivity index (χ0n) is 13.7. The Labute approximate surface area is 145 Å². The number of hydrogen-bond donors (Lipinski definition) is 1. The second kappa shape index (κ2) is 6.16. The van der Waals surface area contributed by atoms with E-state index in [0.717, 1.165) is 18.4 Å². The summed E-state index contributed by atoms with van der Waals surface area (Å²) in [5.41, 5.74) is 1.97. The van der Waals surface area contributed by atoms with Crippen molar-refractivity contribution in [1.82, 2.24) is 10.2 Å². The fourth-order valence-electron chi connectivity index (χ4n) is 3.00. The van der Waals surface area contributed by atoms with E-state index in [-0.39, 0.29) is 24.3 Å². The van der Waals surface area contributed by atoms with Crippen molar-refractivity contribution >= 4 is 17.7 Å². The van der Waals surface area contributed by atoms with Gasteiger partial charge >= 0.3 is 0 Å². The highest BCUT2D eigenvalue weighted by Gasteiger charge is 2.36. The van der Waals surface area contributed by atoms with E-state index in [0.29, 0.717) is 29.2 Å². The van der Waals surface area contributed by atoms with Gasteiger partial charge in [0.15, 0.2) is 0 Å². The highest BCUT2D eigenvalue weighted by molar-refractivity contribution is 6.22. The van der Waals surface area contributed by atoms with E-state index in [1.807, 2.05) is 30.3 Å². The molecule has 0 radical (unpaired) electrons. The van der Waals surface area contributed by atoms with E-state index in [1.54, 1.807) is 12.1 Å². The minimum absolute atomic E-state index is 0.198. The molecule has 4 rings (SSSR count). The smallest absolute Gasteiger partial charge is 0.261 e. The molecule has 1 fully saturated rings. The van der Waals surface area contributed by atoms with Crippen LogP contribution in [-0.2, 0) is 6.54 Å². The number of nitrogens with zero attached hydrogens (tertiary/aromatic N) is 1. The molecule has 2 aromatic carbocycles. The SMILES string of the molecule is O=C(NCC1CC1)c1ccc2c(c1)C(=O)N(Cc1ccccc1)C2=O. The predicted octanol–water partition coefficient (Wildman–Crippen LogP) is 2.62. The van der Waals surface area contributed by atoms with Crippen LogP contribution in [0, 0.1) is 5.92 Å². The van der Waals surface area contributed by atoms with Gasteiger partial charge in [-0.15, -0.1) is 0 Å². The van der Waals surface area contributed by atoms with Gasteiger partial charge in [0, 0.05) is 12.1 Å². The minimum Gasteiger partial charge on any atom is -0.352 e. The largest absolute Gasteiger partial charge is 0.352 e. The number of nitrogens with one attached hydrogen (secondary N) is 1. The van der Waals surface area contributed by atoms with Crippen LogP contribution in [0.1, 0.15) is 49.5 Å². The van der Waals surface area contributed by atoms with Crippen LogP contribution >= 0.6 is 0 Å². The fraction of sp³-hybridized carbons (Fsp3) is 0.250. The maximum absolute atomic E-state index is 12.6. The summed E-state index contributed by atoms with van der Waals surface area (Å²) in [6.45, 7) is 0.902. The Hall–Kier alpha value is -2.95. The molecule has 0 spiro atoms. The number of fused-ring (bicyclic) bond motifs is 1. The number of carbonyl (C=O) groups is 3. The van der Waals surface area contributed by atoms with E-state index in [1.165, 1.54) is 11.0 Å². The van der Waals surface area contributed by atoms with Crippen molar-refractivity contribution in [3.05, 3.63) is 70.8 Å². The lowest BCUT2D eigenvalue weighted by atomic mass is 10.1. The van der Waals surface area contributed by atoms with Gasteiger partial charge in [-0.25, -0.2) is 0 Å². The van der Waals surface area contributed by atoms with Gasteiger partial charge in [0.2, 0.25) is 0 Å². The average molecular weight is 334 g/mol. The lowest BCUT2D eigenvalue weighted by Gasteiger charge is -2.13. The molecular weight excluding hydrogens is 316 g/mol. The zero-order valence-corrected chi connectivity index (χ0v) is 13.7. The summed E-state index contributed by atoms with van der Waals surface area (Å²) in [6, 6.07) is 14.1. The molecule has 25 heavy (non-hydrogen) atoms. The van der Waals surface area contributed by atoms with Gasteiger partial charge in [0.05, 0.1) is 17.7 Å². The lowest BCUT2D eigenvalue weighted by molar-refractivity contribution is 0.0642. The molecule has 1 aliphatic carbocycles. The van der Waals surface area contributed by atoms with E-state index < -0.39 is 0 Å². The summed E-state index contributed by atoms with van der Waals surface area (Å²) in [5.74, 6) is -0.270. The molecule has 0 saturated heterocycles. The van der Waals surface area contributed by atoms with Crippen molar-refractivity contribution in [3.63, 3.8) is 0 Å². The Morgan fingerprint density at radius 1 is 1.00 bits per heavy atom. The van der Waals surface area contributed by atoms with E-state index >= 15 is 0 Å². The maximum Gasteiger partial charge on any atom is 0.261 e. The standard InChI is InChI=1S/C20H18N2O3/c23-18(21-11-13-6-7-13)15-8-9-16-17(10-15)20(25)22(19(16)24)12-14-4-2-1-3-5-14/h1-5,8-10,13H,6-7,11-12H2,(H,21,23). The van der Waals surface area contributed by atoms with Gasteiger partial charge in [0.1, 0.15) is 0 Å². The van der Waals surface area contributed by atoms with Gasteiger partial charge in [0.25, 0.3) is 17.7 Å². The van der Waals surface area contributed by atoms with Gasteiger partial charge in [-0.1, -0.05) is 30.3 Å². The first-order valence-electron chi connectivity index (χ1n) is 8.46. The molecule has 126 valence electrons. The number of imide groups is 1. The normalized spacial score (nSPS) is 16.1. The summed E-state index contributed by atoms with van der Waals surface area (Å²) < 4.78 is 0. The Morgan fingerprint density at radius 3 is 2.44 bits per heavy atom. The van der Waals surface area contributed by atoms with Gasteiger partial charge < -0.3 is 5.32 Å². The molecule has 2 aromatic rings. The van der Waals surface area contributed by atoms with Crippen molar-refractivity contribution in [1.29, 1.82) is 0 Å². The van der Waals surface area contributed by atoms with Crippen molar-refractivity contribution in [2.24, 2.45) is 5.92 Å². The van der Waals surface area contributed by atoms with Crippen LogP contribution in [0.5, 0.6) is 0 Å². The minimum atomic E-state index is -0.347. The summed E-state index contributed by atoms with van der Waals surface area (Å²) in [7, 11) is 0. The van der Waals surface area contributed by atoms with E-state index in [4.69, 9.17) is 0 Å². The van der Waals surface area contributed by atoms with Gasteiger partial charge in [-0.3, -0.25) is 19.3 Å². The summed E-state index contributed by atoms with van der Waals surface area (Å²) >= 11 is 0. The van der Waals surface area contributed by atoms with Crippen molar-refractivity contribution in [3.8, 4) is 0 Å². The number of rotatable bonds is 5. The molecule has 0 aromatic heterocycles. The third-order valence-corrected chi connectivity index (χ3v) is 4.66. The molecule has 5 nitrogen and oxygen atoms in total. The van der Waals surface area contributed by atoms with Crippen molar-refractivity contribution in [2.75, 3.05) is 6.54 Å². The topological polar surface area (TPSA) is 66.5 Å². The van der Waals surface area contributed by atoms with E-state index in [9.17, 15) is 14.4 Å². The third-order valence-electron chi connectivity index (χ3n) is 4.66. The van der Waals surface area contributed by atoms with Crippen LogP contribution in [0.25, 0.3) is 0 Å². The fourth-order valence-corrected chi connectivity index (χ4v) is 3.00. The second-order valence-electron chi connectivity index (χ2n) is 6.60. The Kier molecular flexibility index (Phi) is 3.84. The van der Waals surface area contributed by atoms with Crippen LogP contribution < -0.4 is 5.32 Å². The highest BCUT2D eigenvalue weighted by Crippen LogP contribution is 2.28. The molecular formula is C20H18N2O3. The monoisotopic (exact) mass is 334 g/mol. The second-order valence-corrected chi connectivity index (χ2v) is 6.60. The molecule has 3 amide bonds.